The molecule has 0 radical (unpaired) electrons. The van der Waals surface area contributed by atoms with Gasteiger partial charge in [0.2, 0.25) is 0 Å². The molecule has 19 heavy (non-hydrogen) atoms. The van der Waals surface area contributed by atoms with Gasteiger partial charge in [-0.3, -0.25) is 0 Å². The summed E-state index contributed by atoms with van der Waals surface area (Å²) in [5.41, 5.74) is 6.15. The molecule has 1 aromatic rings. The Morgan fingerprint density at radius 2 is 2.16 bits per heavy atom. The number of hydrogen-bond donors (Lipinski definition) is 1. The summed E-state index contributed by atoms with van der Waals surface area (Å²) in [6.45, 7) is 1.92. The monoisotopic (exact) mass is 321 g/mol. The van der Waals surface area contributed by atoms with Crippen LogP contribution in [0.5, 0.6) is 5.75 Å². The SMILES string of the molecule is CCS(=O)(=O)CCCOc1ccc(C(N)=S)cc1Cl. The Bertz CT molecular complexity index is 558. The molecule has 0 fully saturated rings. The Morgan fingerprint density at radius 1 is 1.47 bits per heavy atom. The normalized spacial score (nSPS) is 11.3. The quantitative estimate of drug-likeness (QED) is 0.615. The van der Waals surface area contributed by atoms with Crippen LogP contribution < -0.4 is 10.5 Å². The van der Waals surface area contributed by atoms with Crippen molar-refractivity contribution in [3.05, 3.63) is 28.8 Å². The fourth-order valence-electron chi connectivity index (χ4n) is 1.38. The molecule has 7 heteroatoms. The smallest absolute Gasteiger partial charge is 0.150 e. The molecule has 0 saturated heterocycles. The van der Waals surface area contributed by atoms with Crippen LogP contribution in [0.25, 0.3) is 0 Å². The molecule has 106 valence electrons. The third-order valence-electron chi connectivity index (χ3n) is 2.51. The Hall–Kier alpha value is -0.850. The van der Waals surface area contributed by atoms with Crippen molar-refractivity contribution in [1.82, 2.24) is 0 Å². The summed E-state index contributed by atoms with van der Waals surface area (Å²) in [7, 11) is -2.95. The molecular weight excluding hydrogens is 306 g/mol. The molecule has 0 aliphatic rings. The lowest BCUT2D eigenvalue weighted by atomic mass is 10.2. The third kappa shape index (κ3) is 5.34. The van der Waals surface area contributed by atoms with Crippen molar-refractivity contribution >= 4 is 38.6 Å². The van der Waals surface area contributed by atoms with Gasteiger partial charge in [0.25, 0.3) is 0 Å². The van der Waals surface area contributed by atoms with Crippen LogP contribution >= 0.6 is 23.8 Å². The van der Waals surface area contributed by atoms with Crippen molar-refractivity contribution in [3.8, 4) is 5.75 Å². The lowest BCUT2D eigenvalue weighted by molar-refractivity contribution is 0.318. The zero-order chi connectivity index (χ0) is 14.5. The zero-order valence-corrected chi connectivity index (χ0v) is 12.9. The topological polar surface area (TPSA) is 69.4 Å². The van der Waals surface area contributed by atoms with E-state index in [0.29, 0.717) is 29.4 Å². The first kappa shape index (κ1) is 16.2. The van der Waals surface area contributed by atoms with E-state index in [2.05, 4.69) is 0 Å². The molecule has 0 aliphatic heterocycles. The van der Waals surface area contributed by atoms with Crippen LogP contribution in [0.1, 0.15) is 18.9 Å². The molecule has 1 rings (SSSR count). The van der Waals surface area contributed by atoms with Crippen molar-refractivity contribution < 1.29 is 13.2 Å². The first-order valence-electron chi connectivity index (χ1n) is 5.78. The van der Waals surface area contributed by atoms with E-state index in [0.717, 1.165) is 0 Å². The third-order valence-corrected chi connectivity index (χ3v) is 4.83. The number of halogens is 1. The molecule has 0 heterocycles. The average molecular weight is 322 g/mol. The van der Waals surface area contributed by atoms with E-state index in [1.807, 2.05) is 0 Å². The summed E-state index contributed by atoms with van der Waals surface area (Å²) in [6, 6.07) is 5.01. The van der Waals surface area contributed by atoms with Gasteiger partial charge >= 0.3 is 0 Å². The first-order valence-corrected chi connectivity index (χ1v) is 8.39. The number of sulfone groups is 1. The molecule has 0 bridgehead atoms. The second-order valence-electron chi connectivity index (χ2n) is 3.95. The first-order chi connectivity index (χ1) is 8.85. The Balaban J connectivity index is 2.53. The van der Waals surface area contributed by atoms with E-state index in [-0.39, 0.29) is 16.5 Å². The molecule has 0 saturated carbocycles. The van der Waals surface area contributed by atoms with Gasteiger partial charge in [-0.25, -0.2) is 8.42 Å². The molecule has 1 aromatic carbocycles. The minimum absolute atomic E-state index is 0.117. The summed E-state index contributed by atoms with van der Waals surface area (Å²) >= 11 is 10.8. The molecular formula is C12H16ClNO3S2. The fourth-order valence-corrected chi connectivity index (χ4v) is 2.58. The minimum atomic E-state index is -2.95. The van der Waals surface area contributed by atoms with Crippen LogP contribution in [-0.2, 0) is 9.84 Å². The highest BCUT2D eigenvalue weighted by atomic mass is 35.5. The second kappa shape index (κ2) is 7.07. The van der Waals surface area contributed by atoms with Gasteiger partial charge in [0.15, 0.2) is 0 Å². The van der Waals surface area contributed by atoms with E-state index in [9.17, 15) is 8.42 Å². The van der Waals surface area contributed by atoms with Crippen LogP contribution in [0.2, 0.25) is 5.02 Å². The Kier molecular flexibility index (Phi) is 6.03. The van der Waals surface area contributed by atoms with Gasteiger partial charge in [-0.2, -0.15) is 0 Å². The lowest BCUT2D eigenvalue weighted by Gasteiger charge is -2.09. The lowest BCUT2D eigenvalue weighted by Crippen LogP contribution is -2.12. The van der Waals surface area contributed by atoms with Crippen LogP contribution in [0.15, 0.2) is 18.2 Å². The maximum atomic E-state index is 11.3. The molecule has 0 aliphatic carbocycles. The number of rotatable bonds is 7. The summed E-state index contributed by atoms with van der Waals surface area (Å²) in [4.78, 5) is 0.266. The van der Waals surface area contributed by atoms with Crippen molar-refractivity contribution in [1.29, 1.82) is 0 Å². The number of benzene rings is 1. The van der Waals surface area contributed by atoms with Crippen LogP contribution in [-0.4, -0.2) is 31.5 Å². The van der Waals surface area contributed by atoms with Gasteiger partial charge in [-0.15, -0.1) is 0 Å². The molecule has 0 spiro atoms. The number of hydrogen-bond acceptors (Lipinski definition) is 4. The predicted octanol–water partition coefficient (Wildman–Crippen LogP) is 2.18. The van der Waals surface area contributed by atoms with Gasteiger partial charge in [-0.1, -0.05) is 30.7 Å². The van der Waals surface area contributed by atoms with E-state index < -0.39 is 9.84 Å². The van der Waals surface area contributed by atoms with Crippen molar-refractivity contribution in [2.45, 2.75) is 13.3 Å². The molecule has 0 aromatic heterocycles. The van der Waals surface area contributed by atoms with Crippen molar-refractivity contribution in [3.63, 3.8) is 0 Å². The predicted molar refractivity (Wildman–Crippen MR) is 81.8 cm³/mol. The van der Waals surface area contributed by atoms with Crippen LogP contribution in [0.3, 0.4) is 0 Å². The van der Waals surface area contributed by atoms with E-state index in [4.69, 9.17) is 34.3 Å². The van der Waals surface area contributed by atoms with E-state index >= 15 is 0 Å². The fraction of sp³-hybridized carbons (Fsp3) is 0.417. The largest absolute Gasteiger partial charge is 0.492 e. The molecule has 0 unspecified atom stereocenters. The van der Waals surface area contributed by atoms with Crippen LogP contribution in [0, 0.1) is 0 Å². The van der Waals surface area contributed by atoms with Gasteiger partial charge < -0.3 is 10.5 Å². The number of nitrogens with two attached hydrogens (primary N) is 1. The summed E-state index contributed by atoms with van der Waals surface area (Å²) in [5.74, 6) is 0.762. The molecule has 4 nitrogen and oxygen atoms in total. The summed E-state index contributed by atoms with van der Waals surface area (Å²) in [5, 5.41) is 0.406. The zero-order valence-electron chi connectivity index (χ0n) is 10.6. The van der Waals surface area contributed by atoms with Crippen molar-refractivity contribution in [2.24, 2.45) is 5.73 Å². The van der Waals surface area contributed by atoms with Gasteiger partial charge in [0.1, 0.15) is 20.6 Å². The van der Waals surface area contributed by atoms with E-state index in [1.165, 1.54) is 0 Å². The van der Waals surface area contributed by atoms with Gasteiger partial charge in [-0.05, 0) is 24.6 Å². The number of ether oxygens (including phenoxy) is 1. The second-order valence-corrected chi connectivity index (χ2v) is 7.27. The van der Waals surface area contributed by atoms with Crippen molar-refractivity contribution in [2.75, 3.05) is 18.1 Å². The van der Waals surface area contributed by atoms with Crippen LogP contribution in [0.4, 0.5) is 0 Å². The highest BCUT2D eigenvalue weighted by Gasteiger charge is 2.08. The average Bonchev–Trinajstić information content (AvgIpc) is 2.36. The Morgan fingerprint density at radius 3 is 2.68 bits per heavy atom. The standard InChI is InChI=1S/C12H16ClNO3S2/c1-2-19(15,16)7-3-6-17-11-5-4-9(12(14)18)8-10(11)13/h4-5,8H,2-3,6-7H2,1H3,(H2,14,18). The number of thiocarbonyl (C=S) groups is 1. The summed E-state index contributed by atoms with van der Waals surface area (Å²) < 4.78 is 28.0. The van der Waals surface area contributed by atoms with Gasteiger partial charge in [0.05, 0.1) is 17.4 Å². The highest BCUT2D eigenvalue weighted by Crippen LogP contribution is 2.25. The Labute approximate surface area is 123 Å². The maximum Gasteiger partial charge on any atom is 0.150 e. The molecule has 2 N–H and O–H groups in total. The molecule has 0 atom stereocenters. The van der Waals surface area contributed by atoms with E-state index in [1.54, 1.807) is 25.1 Å². The minimum Gasteiger partial charge on any atom is -0.492 e. The highest BCUT2D eigenvalue weighted by molar-refractivity contribution is 7.91. The molecule has 0 amide bonds. The van der Waals surface area contributed by atoms with Gasteiger partial charge in [0, 0.05) is 11.3 Å². The maximum absolute atomic E-state index is 11.3. The summed E-state index contributed by atoms with van der Waals surface area (Å²) in [6.07, 6.45) is 0.434.